The van der Waals surface area contributed by atoms with Crippen molar-refractivity contribution in [2.75, 3.05) is 0 Å². The van der Waals surface area contributed by atoms with Crippen molar-refractivity contribution in [3.8, 4) is 5.75 Å². The molecule has 16 heavy (non-hydrogen) atoms. The molecule has 5 nitrogen and oxygen atoms in total. The molecule has 0 unspecified atom stereocenters. The third kappa shape index (κ3) is 3.61. The molecule has 0 aliphatic heterocycles. The Hall–Kier alpha value is -2.04. The van der Waals surface area contributed by atoms with Crippen molar-refractivity contribution in [2.45, 2.75) is 19.4 Å². The third-order valence-electron chi connectivity index (χ3n) is 2.10. The molecule has 4 N–H and O–H groups in total. The number of aromatic hydroxyl groups is 1. The summed E-state index contributed by atoms with van der Waals surface area (Å²) in [6.07, 6.45) is 0.315. The minimum atomic E-state index is -0.720. The zero-order chi connectivity index (χ0) is 12.1. The van der Waals surface area contributed by atoms with Gasteiger partial charge in [0.2, 0.25) is 11.8 Å². The Morgan fingerprint density at radius 3 is 2.38 bits per heavy atom. The largest absolute Gasteiger partial charge is 0.508 e. The molecule has 0 fully saturated rings. The Morgan fingerprint density at radius 2 is 1.94 bits per heavy atom. The summed E-state index contributed by atoms with van der Waals surface area (Å²) in [5, 5.41) is 11.6. The first-order valence-electron chi connectivity index (χ1n) is 4.83. The summed E-state index contributed by atoms with van der Waals surface area (Å²) >= 11 is 0. The highest BCUT2D eigenvalue weighted by molar-refractivity contribution is 5.85. The normalized spacial score (nSPS) is 11.8. The van der Waals surface area contributed by atoms with E-state index in [-0.39, 0.29) is 11.7 Å². The Kier molecular flexibility index (Phi) is 3.88. The maximum absolute atomic E-state index is 11.1. The van der Waals surface area contributed by atoms with E-state index in [0.717, 1.165) is 5.56 Å². The highest BCUT2D eigenvalue weighted by Crippen LogP contribution is 2.11. The number of hydrogen-bond acceptors (Lipinski definition) is 3. The summed E-state index contributed by atoms with van der Waals surface area (Å²) in [6, 6.07) is 5.66. The SMILES string of the molecule is CC(=O)N[C@H](Cc1ccc(O)cc1)C(N)=O. The Labute approximate surface area is 93.3 Å². The van der Waals surface area contributed by atoms with Crippen LogP contribution in [0.1, 0.15) is 12.5 Å². The second-order valence-electron chi connectivity index (χ2n) is 3.53. The van der Waals surface area contributed by atoms with Crippen LogP contribution in [0.2, 0.25) is 0 Å². The molecule has 0 saturated heterocycles. The van der Waals surface area contributed by atoms with Crippen molar-refractivity contribution in [1.82, 2.24) is 5.32 Å². The van der Waals surface area contributed by atoms with E-state index in [9.17, 15) is 9.59 Å². The molecule has 0 saturated carbocycles. The molecular formula is C11H14N2O3. The van der Waals surface area contributed by atoms with E-state index in [2.05, 4.69) is 5.32 Å². The van der Waals surface area contributed by atoms with Crippen molar-refractivity contribution in [1.29, 1.82) is 0 Å². The lowest BCUT2D eigenvalue weighted by molar-refractivity contribution is -0.126. The molecule has 0 aromatic heterocycles. The third-order valence-corrected chi connectivity index (χ3v) is 2.10. The highest BCUT2D eigenvalue weighted by atomic mass is 16.3. The van der Waals surface area contributed by atoms with Crippen LogP contribution in [0.5, 0.6) is 5.75 Å². The van der Waals surface area contributed by atoms with E-state index in [1.165, 1.54) is 19.1 Å². The van der Waals surface area contributed by atoms with Gasteiger partial charge in [0.15, 0.2) is 0 Å². The maximum atomic E-state index is 11.1. The van der Waals surface area contributed by atoms with Gasteiger partial charge in [-0.05, 0) is 17.7 Å². The molecule has 1 aromatic rings. The number of carbonyl (C=O) groups is 2. The second-order valence-corrected chi connectivity index (χ2v) is 3.53. The monoisotopic (exact) mass is 222 g/mol. The summed E-state index contributed by atoms with van der Waals surface area (Å²) in [5.74, 6) is -0.732. The van der Waals surface area contributed by atoms with Crippen LogP contribution in [-0.2, 0) is 16.0 Å². The van der Waals surface area contributed by atoms with E-state index in [0.29, 0.717) is 6.42 Å². The number of phenols is 1. The quantitative estimate of drug-likeness (QED) is 0.665. The van der Waals surface area contributed by atoms with Gasteiger partial charge in [-0.15, -0.1) is 0 Å². The van der Waals surface area contributed by atoms with Gasteiger partial charge in [-0.1, -0.05) is 12.1 Å². The first kappa shape index (κ1) is 12.0. The van der Waals surface area contributed by atoms with E-state index in [1.54, 1.807) is 12.1 Å². The highest BCUT2D eigenvalue weighted by Gasteiger charge is 2.16. The van der Waals surface area contributed by atoms with Gasteiger partial charge >= 0.3 is 0 Å². The number of nitrogens with one attached hydrogen (secondary N) is 1. The van der Waals surface area contributed by atoms with E-state index in [4.69, 9.17) is 10.8 Å². The molecule has 0 aliphatic rings. The average Bonchev–Trinajstić information content (AvgIpc) is 2.19. The van der Waals surface area contributed by atoms with Crippen LogP contribution >= 0.6 is 0 Å². The van der Waals surface area contributed by atoms with Crippen LogP contribution in [-0.4, -0.2) is 23.0 Å². The van der Waals surface area contributed by atoms with E-state index >= 15 is 0 Å². The number of primary amides is 1. The minimum absolute atomic E-state index is 0.152. The van der Waals surface area contributed by atoms with Gasteiger partial charge in [0, 0.05) is 13.3 Å². The van der Waals surface area contributed by atoms with Crippen molar-refractivity contribution in [3.63, 3.8) is 0 Å². The number of carbonyl (C=O) groups excluding carboxylic acids is 2. The molecule has 2 amide bonds. The van der Waals surface area contributed by atoms with Crippen LogP contribution in [0.15, 0.2) is 24.3 Å². The van der Waals surface area contributed by atoms with Crippen LogP contribution in [0, 0.1) is 0 Å². The molecule has 5 heteroatoms. The summed E-state index contributed by atoms with van der Waals surface area (Å²) < 4.78 is 0. The van der Waals surface area contributed by atoms with Crippen LogP contribution in [0.3, 0.4) is 0 Å². The number of benzene rings is 1. The van der Waals surface area contributed by atoms with Gasteiger partial charge in [-0.3, -0.25) is 9.59 Å². The van der Waals surface area contributed by atoms with Gasteiger partial charge in [0.05, 0.1) is 0 Å². The van der Waals surface area contributed by atoms with Crippen LogP contribution < -0.4 is 11.1 Å². The number of hydrogen-bond donors (Lipinski definition) is 3. The topological polar surface area (TPSA) is 92.4 Å². The van der Waals surface area contributed by atoms with Crippen molar-refractivity contribution < 1.29 is 14.7 Å². The zero-order valence-corrected chi connectivity index (χ0v) is 8.93. The van der Waals surface area contributed by atoms with Crippen LogP contribution in [0.4, 0.5) is 0 Å². The minimum Gasteiger partial charge on any atom is -0.508 e. The lowest BCUT2D eigenvalue weighted by Crippen LogP contribution is -2.44. The molecular weight excluding hydrogens is 208 g/mol. The Balaban J connectivity index is 2.71. The maximum Gasteiger partial charge on any atom is 0.240 e. The average molecular weight is 222 g/mol. The van der Waals surface area contributed by atoms with Gasteiger partial charge < -0.3 is 16.2 Å². The molecule has 1 aromatic carbocycles. The molecule has 1 atom stereocenters. The van der Waals surface area contributed by atoms with Gasteiger partial charge in [0.25, 0.3) is 0 Å². The van der Waals surface area contributed by atoms with E-state index in [1.807, 2.05) is 0 Å². The van der Waals surface area contributed by atoms with Crippen LogP contribution in [0.25, 0.3) is 0 Å². The Bertz CT molecular complexity index is 387. The zero-order valence-electron chi connectivity index (χ0n) is 8.93. The molecule has 0 heterocycles. The van der Waals surface area contributed by atoms with Gasteiger partial charge in [0.1, 0.15) is 11.8 Å². The predicted molar refractivity (Wildman–Crippen MR) is 58.6 cm³/mol. The molecule has 0 radical (unpaired) electrons. The van der Waals surface area contributed by atoms with E-state index < -0.39 is 11.9 Å². The number of amides is 2. The van der Waals surface area contributed by atoms with Crippen molar-refractivity contribution >= 4 is 11.8 Å². The Morgan fingerprint density at radius 1 is 1.38 bits per heavy atom. The summed E-state index contributed by atoms with van der Waals surface area (Å²) in [6.45, 7) is 1.33. The fraction of sp³-hybridized carbons (Fsp3) is 0.273. The molecule has 1 rings (SSSR count). The summed E-state index contributed by atoms with van der Waals surface area (Å²) in [5.41, 5.74) is 5.97. The number of nitrogens with two attached hydrogens (primary N) is 1. The summed E-state index contributed by atoms with van der Waals surface area (Å²) in [4.78, 5) is 21.9. The fourth-order valence-corrected chi connectivity index (χ4v) is 1.34. The smallest absolute Gasteiger partial charge is 0.240 e. The lowest BCUT2D eigenvalue weighted by atomic mass is 10.1. The molecule has 86 valence electrons. The number of rotatable bonds is 4. The summed E-state index contributed by atoms with van der Waals surface area (Å²) in [7, 11) is 0. The molecule has 0 aliphatic carbocycles. The van der Waals surface area contributed by atoms with Crippen molar-refractivity contribution in [2.24, 2.45) is 5.73 Å². The number of phenolic OH excluding ortho intramolecular Hbond substituents is 1. The van der Waals surface area contributed by atoms with Crippen molar-refractivity contribution in [3.05, 3.63) is 29.8 Å². The first-order valence-corrected chi connectivity index (χ1v) is 4.83. The van der Waals surface area contributed by atoms with Gasteiger partial charge in [-0.2, -0.15) is 0 Å². The predicted octanol–water partition coefficient (Wildman–Crippen LogP) is -0.0753. The molecule has 0 bridgehead atoms. The second kappa shape index (κ2) is 5.16. The lowest BCUT2D eigenvalue weighted by Gasteiger charge is -2.14. The first-order chi connectivity index (χ1) is 7.49. The standard InChI is InChI=1S/C11H14N2O3/c1-7(14)13-10(11(12)16)6-8-2-4-9(15)5-3-8/h2-5,10,15H,6H2,1H3,(H2,12,16)(H,13,14)/t10-/m1/s1. The fourth-order valence-electron chi connectivity index (χ4n) is 1.34. The van der Waals surface area contributed by atoms with Gasteiger partial charge in [-0.25, -0.2) is 0 Å². The molecule has 0 spiro atoms.